The molecule has 0 N–H and O–H groups in total. The fourth-order valence-electron chi connectivity index (χ4n) is 1.70. The number of carbonyl (C=O) groups excluding carboxylic acids is 1. The molecule has 0 atom stereocenters. The molecule has 0 aliphatic rings. The van der Waals surface area contributed by atoms with Gasteiger partial charge < -0.3 is 0 Å². The van der Waals surface area contributed by atoms with Gasteiger partial charge in [0.1, 0.15) is 0 Å². The first-order chi connectivity index (χ1) is 8.91. The van der Waals surface area contributed by atoms with Gasteiger partial charge in [0.15, 0.2) is 5.78 Å². The molecule has 0 heterocycles. The van der Waals surface area contributed by atoms with Crippen molar-refractivity contribution in [2.45, 2.75) is 6.92 Å². The van der Waals surface area contributed by atoms with Gasteiger partial charge in [-0.05, 0) is 19.1 Å². The predicted octanol–water partition coefficient (Wildman–Crippen LogP) is 5.84. The Hall–Kier alpha value is -0.730. The molecular weight excluding hydrogens is 326 g/mol. The highest BCUT2D eigenvalue weighted by Gasteiger charge is 2.21. The van der Waals surface area contributed by atoms with Crippen molar-refractivity contribution in [1.82, 2.24) is 0 Å². The van der Waals surface area contributed by atoms with Crippen LogP contribution in [0.2, 0.25) is 20.1 Å². The quantitative estimate of drug-likeness (QED) is 0.383. The van der Waals surface area contributed by atoms with Crippen LogP contribution in [0.15, 0.2) is 30.3 Å². The Bertz CT molecular complexity index is 665. The van der Waals surface area contributed by atoms with Crippen LogP contribution in [0, 0.1) is 6.92 Å². The number of benzene rings is 2. The average Bonchev–Trinajstić information content (AvgIpc) is 2.36. The normalized spacial score (nSPS) is 10.6. The van der Waals surface area contributed by atoms with Gasteiger partial charge >= 0.3 is 0 Å². The van der Waals surface area contributed by atoms with E-state index in [9.17, 15) is 4.79 Å². The standard InChI is InChI=1S/C14H8Cl4O/c1-7-3-2-4-8(5-7)14(19)11-9(15)6-10(16)12(17)13(11)18/h2-6H,1H3. The second kappa shape index (κ2) is 5.72. The zero-order chi connectivity index (χ0) is 14.2. The lowest BCUT2D eigenvalue weighted by atomic mass is 10.0. The lowest BCUT2D eigenvalue weighted by Crippen LogP contribution is -2.04. The van der Waals surface area contributed by atoms with Crippen molar-refractivity contribution in [3.63, 3.8) is 0 Å². The summed E-state index contributed by atoms with van der Waals surface area (Å²) >= 11 is 23.9. The smallest absolute Gasteiger partial charge is 0.196 e. The van der Waals surface area contributed by atoms with Gasteiger partial charge in [-0.25, -0.2) is 0 Å². The highest BCUT2D eigenvalue weighted by molar-refractivity contribution is 6.51. The van der Waals surface area contributed by atoms with E-state index in [-0.39, 0.29) is 31.4 Å². The lowest BCUT2D eigenvalue weighted by Gasteiger charge is -2.09. The molecule has 0 unspecified atom stereocenters. The number of halogens is 4. The molecule has 0 saturated heterocycles. The molecule has 0 saturated carbocycles. The molecule has 0 radical (unpaired) electrons. The molecule has 0 bridgehead atoms. The molecular formula is C14H8Cl4O. The number of rotatable bonds is 2. The third-order valence-corrected chi connectivity index (χ3v) is 4.18. The van der Waals surface area contributed by atoms with Gasteiger partial charge in [0, 0.05) is 5.56 Å². The first-order valence-corrected chi connectivity index (χ1v) is 6.87. The predicted molar refractivity (Wildman–Crippen MR) is 81.1 cm³/mol. The summed E-state index contributed by atoms with van der Waals surface area (Å²) in [5, 5.41) is 0.609. The molecule has 0 amide bonds. The Morgan fingerprint density at radius 2 is 1.63 bits per heavy atom. The topological polar surface area (TPSA) is 17.1 Å². The van der Waals surface area contributed by atoms with Crippen molar-refractivity contribution in [2.75, 3.05) is 0 Å². The van der Waals surface area contributed by atoms with E-state index in [1.807, 2.05) is 13.0 Å². The zero-order valence-electron chi connectivity index (χ0n) is 9.81. The van der Waals surface area contributed by atoms with E-state index in [0.29, 0.717) is 5.56 Å². The van der Waals surface area contributed by atoms with Crippen molar-refractivity contribution in [3.05, 3.63) is 67.1 Å². The Kier molecular flexibility index (Phi) is 4.42. The van der Waals surface area contributed by atoms with E-state index in [1.54, 1.807) is 18.2 Å². The van der Waals surface area contributed by atoms with Crippen molar-refractivity contribution in [3.8, 4) is 0 Å². The van der Waals surface area contributed by atoms with Gasteiger partial charge in [-0.2, -0.15) is 0 Å². The van der Waals surface area contributed by atoms with Crippen LogP contribution >= 0.6 is 46.4 Å². The minimum Gasteiger partial charge on any atom is -0.288 e. The van der Waals surface area contributed by atoms with Gasteiger partial charge in [-0.3, -0.25) is 4.79 Å². The van der Waals surface area contributed by atoms with Gasteiger partial charge in [-0.15, -0.1) is 0 Å². The van der Waals surface area contributed by atoms with Crippen LogP contribution < -0.4 is 0 Å². The Labute approximate surface area is 131 Å². The monoisotopic (exact) mass is 332 g/mol. The second-order valence-electron chi connectivity index (χ2n) is 4.04. The molecule has 0 fully saturated rings. The van der Waals surface area contributed by atoms with Crippen molar-refractivity contribution in [1.29, 1.82) is 0 Å². The van der Waals surface area contributed by atoms with Crippen LogP contribution in [-0.2, 0) is 0 Å². The summed E-state index contributed by atoms with van der Waals surface area (Å²) in [6.45, 7) is 1.90. The third-order valence-electron chi connectivity index (χ3n) is 2.62. The summed E-state index contributed by atoms with van der Waals surface area (Å²) in [6.07, 6.45) is 0. The second-order valence-corrected chi connectivity index (χ2v) is 5.61. The van der Waals surface area contributed by atoms with Gasteiger partial charge in [0.25, 0.3) is 0 Å². The minimum atomic E-state index is -0.280. The molecule has 0 aliphatic heterocycles. The number of carbonyl (C=O) groups is 1. The van der Waals surface area contributed by atoms with Crippen LogP contribution in [0.3, 0.4) is 0 Å². The van der Waals surface area contributed by atoms with Crippen LogP contribution in [0.4, 0.5) is 0 Å². The lowest BCUT2D eigenvalue weighted by molar-refractivity contribution is 0.103. The molecule has 2 rings (SSSR count). The first kappa shape index (κ1) is 14.7. The van der Waals surface area contributed by atoms with Crippen LogP contribution in [0.5, 0.6) is 0 Å². The Balaban J connectivity index is 2.60. The van der Waals surface area contributed by atoms with Crippen molar-refractivity contribution < 1.29 is 4.79 Å². The number of hydrogen-bond donors (Lipinski definition) is 0. The molecule has 0 spiro atoms. The van der Waals surface area contributed by atoms with Crippen LogP contribution in [-0.4, -0.2) is 5.78 Å². The molecule has 98 valence electrons. The van der Waals surface area contributed by atoms with E-state index in [1.165, 1.54) is 6.07 Å². The van der Waals surface area contributed by atoms with E-state index >= 15 is 0 Å². The van der Waals surface area contributed by atoms with E-state index < -0.39 is 0 Å². The summed E-state index contributed by atoms with van der Waals surface area (Å²) in [5.41, 5.74) is 1.64. The fraction of sp³-hybridized carbons (Fsp3) is 0.0714. The first-order valence-electron chi connectivity index (χ1n) is 5.36. The molecule has 2 aromatic carbocycles. The molecule has 0 aromatic heterocycles. The third kappa shape index (κ3) is 2.90. The van der Waals surface area contributed by atoms with E-state index in [4.69, 9.17) is 46.4 Å². The van der Waals surface area contributed by atoms with Crippen molar-refractivity contribution >= 4 is 52.2 Å². The van der Waals surface area contributed by atoms with Gasteiger partial charge in [0.05, 0.1) is 25.7 Å². The fourth-order valence-corrected chi connectivity index (χ4v) is 2.79. The number of ketones is 1. The summed E-state index contributed by atoms with van der Waals surface area (Å²) in [5.74, 6) is -0.280. The Morgan fingerprint density at radius 3 is 2.26 bits per heavy atom. The van der Waals surface area contributed by atoms with Crippen LogP contribution in [0.1, 0.15) is 21.5 Å². The van der Waals surface area contributed by atoms with E-state index in [2.05, 4.69) is 0 Å². The number of aryl methyl sites for hydroxylation is 1. The molecule has 19 heavy (non-hydrogen) atoms. The highest BCUT2D eigenvalue weighted by atomic mass is 35.5. The SMILES string of the molecule is Cc1cccc(C(=O)c2c(Cl)cc(Cl)c(Cl)c2Cl)c1. The average molecular weight is 334 g/mol. The molecule has 0 aliphatic carbocycles. The molecule has 5 heteroatoms. The van der Waals surface area contributed by atoms with Gasteiger partial charge in [-0.1, -0.05) is 70.2 Å². The van der Waals surface area contributed by atoms with Crippen molar-refractivity contribution in [2.24, 2.45) is 0 Å². The maximum Gasteiger partial charge on any atom is 0.196 e. The zero-order valence-corrected chi connectivity index (χ0v) is 12.8. The minimum absolute atomic E-state index is 0.0747. The highest BCUT2D eigenvalue weighted by Crippen LogP contribution is 2.38. The summed E-state index contributed by atoms with van der Waals surface area (Å²) in [6, 6.07) is 8.57. The van der Waals surface area contributed by atoms with Gasteiger partial charge in [0.2, 0.25) is 0 Å². The maximum absolute atomic E-state index is 12.4. The summed E-state index contributed by atoms with van der Waals surface area (Å²) < 4.78 is 0. The Morgan fingerprint density at radius 1 is 0.947 bits per heavy atom. The largest absolute Gasteiger partial charge is 0.288 e. The van der Waals surface area contributed by atoms with Crippen LogP contribution in [0.25, 0.3) is 0 Å². The maximum atomic E-state index is 12.4. The van der Waals surface area contributed by atoms with E-state index in [0.717, 1.165) is 5.56 Å². The summed E-state index contributed by atoms with van der Waals surface area (Å²) in [4.78, 5) is 12.4. The molecule has 1 nitrogen and oxygen atoms in total. The molecule has 2 aromatic rings. The number of hydrogen-bond acceptors (Lipinski definition) is 1. The summed E-state index contributed by atoms with van der Waals surface area (Å²) in [7, 11) is 0.